The van der Waals surface area contributed by atoms with Crippen molar-refractivity contribution in [1.82, 2.24) is 0 Å². The van der Waals surface area contributed by atoms with Gasteiger partial charge in [0.05, 0.1) is 14.2 Å². The van der Waals surface area contributed by atoms with Crippen LogP contribution in [0.3, 0.4) is 0 Å². The highest BCUT2D eigenvalue weighted by Crippen LogP contribution is 2.28. The van der Waals surface area contributed by atoms with E-state index in [1.54, 1.807) is 6.92 Å². The molecule has 0 amide bonds. The van der Waals surface area contributed by atoms with E-state index < -0.39 is 0 Å². The van der Waals surface area contributed by atoms with Crippen LogP contribution in [0.4, 0.5) is 0 Å². The molecule has 0 spiro atoms. The Morgan fingerprint density at radius 3 is 0.879 bits per heavy atom. The molecule has 58 heavy (non-hydrogen) atoms. The number of methoxy groups -OCH3 is 2. The van der Waals surface area contributed by atoms with E-state index in [-0.39, 0.29) is 23.1 Å². The van der Waals surface area contributed by atoms with E-state index in [9.17, 15) is 9.59 Å². The molecule has 0 N–H and O–H groups in total. The average Bonchev–Trinajstić information content (AvgIpc) is 3.16. The molecule has 0 aromatic rings. The van der Waals surface area contributed by atoms with Gasteiger partial charge in [-0.2, -0.15) is 0 Å². The fourth-order valence-electron chi connectivity index (χ4n) is 6.94. The third kappa shape index (κ3) is 22.9. The summed E-state index contributed by atoms with van der Waals surface area (Å²) in [7, 11) is 2.78. The van der Waals surface area contributed by atoms with E-state index in [0.717, 1.165) is 89.9 Å². The van der Waals surface area contributed by atoms with Gasteiger partial charge in [-0.3, -0.25) is 9.59 Å². The van der Waals surface area contributed by atoms with Gasteiger partial charge in [-0.25, -0.2) is 0 Å². The van der Waals surface area contributed by atoms with Crippen LogP contribution in [0.5, 0.6) is 0 Å². The number of hydrogen-bond donors (Lipinski definition) is 0. The first-order valence-electron chi connectivity index (χ1n) is 22.1. The van der Waals surface area contributed by atoms with Crippen molar-refractivity contribution in [2.75, 3.05) is 14.2 Å². The fraction of sp³-hybridized carbons (Fsp3) is 0.556. The molecule has 1 rings (SSSR count). The second-order valence-electron chi connectivity index (χ2n) is 17.0. The van der Waals surface area contributed by atoms with E-state index in [4.69, 9.17) is 9.47 Å². The van der Waals surface area contributed by atoms with Gasteiger partial charge in [0.25, 0.3) is 0 Å². The monoisotopic (exact) mass is 795 g/mol. The van der Waals surface area contributed by atoms with Crippen molar-refractivity contribution in [3.63, 3.8) is 0 Å². The summed E-state index contributed by atoms with van der Waals surface area (Å²) in [5.74, 6) is -0.571. The maximum Gasteiger partial charge on any atom is 0.228 e. The van der Waals surface area contributed by atoms with Gasteiger partial charge in [0, 0.05) is 11.1 Å². The van der Waals surface area contributed by atoms with Crippen molar-refractivity contribution in [3.8, 4) is 0 Å². The molecule has 322 valence electrons. The molecule has 0 heterocycles. The molecular formula is C54H82O4. The molecule has 0 atom stereocenters. The predicted molar refractivity (Wildman–Crippen MR) is 252 cm³/mol. The smallest absolute Gasteiger partial charge is 0.228 e. The average molecular weight is 795 g/mol. The summed E-state index contributed by atoms with van der Waals surface area (Å²) < 4.78 is 10.3. The van der Waals surface area contributed by atoms with Crippen molar-refractivity contribution in [3.05, 3.63) is 128 Å². The highest BCUT2D eigenvalue weighted by Gasteiger charge is 2.34. The highest BCUT2D eigenvalue weighted by atomic mass is 16.5. The van der Waals surface area contributed by atoms with Crippen LogP contribution in [0, 0.1) is 0 Å². The highest BCUT2D eigenvalue weighted by molar-refractivity contribution is 6.23. The first kappa shape index (κ1) is 52.1. The number of rotatable bonds is 28. The van der Waals surface area contributed by atoms with E-state index >= 15 is 0 Å². The Labute approximate surface area is 356 Å². The number of allylic oxidation sites excluding steroid dienone is 20. The summed E-state index contributed by atoms with van der Waals surface area (Å²) in [5, 5.41) is 0. The molecule has 0 saturated heterocycles. The normalized spacial score (nSPS) is 15.9. The Morgan fingerprint density at radius 1 is 0.379 bits per heavy atom. The molecule has 0 saturated carbocycles. The summed E-state index contributed by atoms with van der Waals surface area (Å²) in [5.41, 5.74) is 13.9. The number of carbonyl (C=O) groups excluding carboxylic acids is 2. The molecule has 0 aromatic carbocycles. The Morgan fingerprint density at radius 2 is 0.621 bits per heavy atom. The van der Waals surface area contributed by atoms with Gasteiger partial charge in [0.1, 0.15) is 0 Å². The molecule has 1 aliphatic carbocycles. The van der Waals surface area contributed by atoms with E-state index in [1.165, 1.54) is 77.2 Å². The van der Waals surface area contributed by atoms with Crippen LogP contribution in [0.2, 0.25) is 0 Å². The third-order valence-corrected chi connectivity index (χ3v) is 11.1. The van der Waals surface area contributed by atoms with Gasteiger partial charge >= 0.3 is 0 Å². The van der Waals surface area contributed by atoms with Gasteiger partial charge < -0.3 is 9.47 Å². The van der Waals surface area contributed by atoms with Crippen LogP contribution in [0.25, 0.3) is 0 Å². The SMILES string of the molecule is COC1=C(OC)C(=O)C(C/C=C(\C)CC/C=C(\C)CC/C=C(\C)CC/C=C(/C)CC/C=C(\C)CC/C=C(\C)CC/C=C(\C)CC/C=C(/C)CCC=C(C)C)=C(C)C1=O. The summed E-state index contributed by atoms with van der Waals surface area (Å²) in [6, 6.07) is 0. The lowest BCUT2D eigenvalue weighted by Gasteiger charge is -2.19. The van der Waals surface area contributed by atoms with Crippen LogP contribution in [0.15, 0.2) is 128 Å². The number of carbonyl (C=O) groups is 2. The van der Waals surface area contributed by atoms with E-state index in [1.807, 2.05) is 0 Å². The Bertz CT molecular complexity index is 1680. The van der Waals surface area contributed by atoms with Crippen LogP contribution < -0.4 is 0 Å². The first-order chi connectivity index (χ1) is 27.6. The Balaban J connectivity index is 2.32. The lowest BCUT2D eigenvalue weighted by Crippen LogP contribution is -2.24. The minimum atomic E-state index is -0.284. The second kappa shape index (κ2) is 30.2. The third-order valence-electron chi connectivity index (χ3n) is 11.1. The second-order valence-corrected chi connectivity index (χ2v) is 17.0. The zero-order chi connectivity index (χ0) is 43.5. The summed E-state index contributed by atoms with van der Waals surface area (Å²) in [6.45, 7) is 24.0. The molecule has 4 nitrogen and oxygen atoms in total. The quantitative estimate of drug-likeness (QED) is 0.0585. The number of ether oxygens (including phenoxy) is 2. The van der Waals surface area contributed by atoms with Crippen LogP contribution in [-0.4, -0.2) is 25.8 Å². The zero-order valence-corrected chi connectivity index (χ0v) is 39.3. The standard InChI is InChI=1S/C54H82O4/c1-40(2)22-14-23-41(3)24-15-25-42(4)26-16-27-43(5)28-17-29-44(6)30-18-31-45(7)32-19-33-46(8)34-20-35-47(9)36-21-37-48(10)38-39-50-49(11)51(55)53(57-12)54(58-13)52(50)56/h22,24,26,28,30,32,34,36,38H,14-21,23,25,27,29,31,33,35,37,39H2,1-13H3/b41-24-,42-26+,43-28+,44-30+,45-32-,46-34+,47-36+,48-38+. The van der Waals surface area contributed by atoms with Crippen LogP contribution in [-0.2, 0) is 19.1 Å². The minimum Gasteiger partial charge on any atom is -0.489 e. The van der Waals surface area contributed by atoms with Crippen molar-refractivity contribution in [2.45, 2.75) is 185 Å². The fourth-order valence-corrected chi connectivity index (χ4v) is 6.94. The van der Waals surface area contributed by atoms with Crippen molar-refractivity contribution >= 4 is 11.6 Å². The first-order valence-corrected chi connectivity index (χ1v) is 22.1. The van der Waals surface area contributed by atoms with Gasteiger partial charge in [-0.15, -0.1) is 0 Å². The molecule has 0 bridgehead atoms. The van der Waals surface area contributed by atoms with E-state index in [2.05, 4.69) is 124 Å². The number of ketones is 2. The topological polar surface area (TPSA) is 52.6 Å². The Hall–Kier alpha value is -3.92. The largest absolute Gasteiger partial charge is 0.489 e. The zero-order valence-electron chi connectivity index (χ0n) is 39.3. The molecule has 0 aromatic heterocycles. The number of Topliss-reactive ketones (excluding diaryl/α,β-unsaturated/α-hetero) is 2. The summed E-state index contributed by atoms with van der Waals surface area (Å²) >= 11 is 0. The Kier molecular flexibility index (Phi) is 27.1. The minimum absolute atomic E-state index is 0.00654. The summed E-state index contributed by atoms with van der Waals surface area (Å²) in [6.07, 6.45) is 39.5. The van der Waals surface area contributed by atoms with Crippen molar-refractivity contribution in [2.24, 2.45) is 0 Å². The van der Waals surface area contributed by atoms with Gasteiger partial charge in [0.2, 0.25) is 23.1 Å². The van der Waals surface area contributed by atoms with Crippen LogP contribution in [0.1, 0.15) is 185 Å². The lowest BCUT2D eigenvalue weighted by molar-refractivity contribution is -0.121. The van der Waals surface area contributed by atoms with Crippen molar-refractivity contribution in [1.29, 1.82) is 0 Å². The molecule has 1 aliphatic rings. The molecule has 0 radical (unpaired) electrons. The maximum absolute atomic E-state index is 12.9. The summed E-state index contributed by atoms with van der Waals surface area (Å²) in [4.78, 5) is 25.5. The van der Waals surface area contributed by atoms with Gasteiger partial charge in [-0.1, -0.05) is 105 Å². The van der Waals surface area contributed by atoms with Gasteiger partial charge in [-0.05, 0) is 185 Å². The predicted octanol–water partition coefficient (Wildman–Crippen LogP) is 16.1. The molecule has 0 aliphatic heterocycles. The van der Waals surface area contributed by atoms with E-state index in [0.29, 0.717) is 17.6 Å². The van der Waals surface area contributed by atoms with Gasteiger partial charge in [0.15, 0.2) is 0 Å². The molecule has 0 unspecified atom stereocenters. The molecule has 4 heteroatoms. The molecule has 0 fully saturated rings. The number of hydrogen-bond acceptors (Lipinski definition) is 4. The van der Waals surface area contributed by atoms with Crippen LogP contribution >= 0.6 is 0 Å². The molecular weight excluding hydrogens is 713 g/mol. The lowest BCUT2D eigenvalue weighted by atomic mass is 9.90. The van der Waals surface area contributed by atoms with Crippen molar-refractivity contribution < 1.29 is 19.1 Å². The maximum atomic E-state index is 12.9.